The molecule has 0 spiro atoms. The number of alkyl halides is 3. The molecule has 0 fully saturated rings. The molecular formula is C18H17F3N2O4S. The molecule has 0 bridgehead atoms. The van der Waals surface area contributed by atoms with Gasteiger partial charge in [0.2, 0.25) is 5.71 Å². The molecule has 0 N–H and O–H groups in total. The monoisotopic (exact) mass is 414 g/mol. The molecule has 0 radical (unpaired) electrons. The second kappa shape index (κ2) is 9.36. The maximum absolute atomic E-state index is 12.6. The third kappa shape index (κ3) is 5.32. The predicted octanol–water partition coefficient (Wildman–Crippen LogP) is 4.23. The minimum Gasteiger partial charge on any atom is -0.464 e. The van der Waals surface area contributed by atoms with Crippen LogP contribution >= 0.6 is 11.3 Å². The summed E-state index contributed by atoms with van der Waals surface area (Å²) in [5.74, 6) is -0.657. The van der Waals surface area contributed by atoms with Crippen molar-refractivity contribution in [3.63, 3.8) is 0 Å². The number of halogens is 3. The molecule has 0 saturated carbocycles. The van der Waals surface area contributed by atoms with Gasteiger partial charge >= 0.3 is 12.1 Å². The van der Waals surface area contributed by atoms with Gasteiger partial charge in [-0.05, 0) is 36.1 Å². The smallest absolute Gasteiger partial charge is 0.416 e. The molecule has 1 aromatic heterocycles. The Morgan fingerprint density at radius 3 is 2.36 bits per heavy atom. The summed E-state index contributed by atoms with van der Waals surface area (Å²) in [5, 5.41) is 9.36. The Hall–Kier alpha value is -2.88. The molecule has 0 amide bonds. The van der Waals surface area contributed by atoms with Gasteiger partial charge in [0.05, 0.1) is 23.3 Å². The summed E-state index contributed by atoms with van der Waals surface area (Å²) in [5.41, 5.74) is 0.803. The Kier molecular flexibility index (Phi) is 7.16. The van der Waals surface area contributed by atoms with Crippen molar-refractivity contribution in [1.29, 1.82) is 0 Å². The van der Waals surface area contributed by atoms with Crippen LogP contribution in [0.3, 0.4) is 0 Å². The molecule has 1 aromatic carbocycles. The van der Waals surface area contributed by atoms with E-state index in [1.54, 1.807) is 18.4 Å². The number of ether oxygens (including phenoxy) is 1. The number of thiophene rings is 1. The summed E-state index contributed by atoms with van der Waals surface area (Å²) in [6.07, 6.45) is -4.39. The van der Waals surface area contributed by atoms with Crippen LogP contribution in [0.4, 0.5) is 13.2 Å². The lowest BCUT2D eigenvalue weighted by Gasteiger charge is -2.08. The van der Waals surface area contributed by atoms with Crippen LogP contribution in [-0.4, -0.2) is 31.6 Å². The highest BCUT2D eigenvalue weighted by Gasteiger charge is 2.30. The number of nitrogens with zero attached hydrogens (tertiary/aromatic N) is 2. The Morgan fingerprint density at radius 1 is 1.11 bits per heavy atom. The van der Waals surface area contributed by atoms with Crippen molar-refractivity contribution >= 4 is 28.7 Å². The molecule has 0 aliphatic rings. The molecule has 2 rings (SSSR count). The fourth-order valence-electron chi connectivity index (χ4n) is 2.17. The topological polar surface area (TPSA) is 69.5 Å². The van der Waals surface area contributed by atoms with Crippen LogP contribution in [0.1, 0.15) is 28.5 Å². The Balaban J connectivity index is 2.10. The van der Waals surface area contributed by atoms with Crippen molar-refractivity contribution in [3.05, 3.63) is 57.3 Å². The first-order valence-electron chi connectivity index (χ1n) is 7.88. The van der Waals surface area contributed by atoms with Crippen molar-refractivity contribution < 1.29 is 32.4 Å². The van der Waals surface area contributed by atoms with Crippen LogP contribution in [0.5, 0.6) is 0 Å². The van der Waals surface area contributed by atoms with E-state index in [1.807, 2.05) is 0 Å². The number of carbonyl (C=O) groups excluding carboxylic acids is 1. The van der Waals surface area contributed by atoms with Gasteiger partial charge in [-0.1, -0.05) is 22.4 Å². The van der Waals surface area contributed by atoms with Crippen LogP contribution < -0.4 is 0 Å². The number of hydrogen-bond donors (Lipinski definition) is 0. The van der Waals surface area contributed by atoms with Gasteiger partial charge in [0.25, 0.3) is 0 Å². The van der Waals surface area contributed by atoms with E-state index < -0.39 is 17.7 Å². The summed E-state index contributed by atoms with van der Waals surface area (Å²) in [7, 11) is 2.54. The molecule has 0 unspecified atom stereocenters. The first-order valence-corrected chi connectivity index (χ1v) is 8.76. The quantitative estimate of drug-likeness (QED) is 0.386. The average molecular weight is 414 g/mol. The van der Waals surface area contributed by atoms with Gasteiger partial charge in [0.1, 0.15) is 13.7 Å². The van der Waals surface area contributed by atoms with E-state index in [1.165, 1.54) is 37.7 Å². The normalized spacial score (nSPS) is 12.6. The number of esters is 1. The molecule has 150 valence electrons. The zero-order valence-corrected chi connectivity index (χ0v) is 16.1. The third-order valence-corrected chi connectivity index (χ3v) is 4.54. The zero-order chi connectivity index (χ0) is 20.7. The van der Waals surface area contributed by atoms with Crippen LogP contribution in [0.2, 0.25) is 0 Å². The van der Waals surface area contributed by atoms with Gasteiger partial charge in [-0.25, -0.2) is 4.79 Å². The van der Waals surface area contributed by atoms with E-state index in [4.69, 9.17) is 4.84 Å². The molecule has 0 aliphatic heterocycles. The second-order valence-corrected chi connectivity index (χ2v) is 6.33. The summed E-state index contributed by atoms with van der Waals surface area (Å²) in [4.78, 5) is 22.3. The van der Waals surface area contributed by atoms with Gasteiger partial charge in [0, 0.05) is 5.56 Å². The minimum atomic E-state index is -4.39. The van der Waals surface area contributed by atoms with Crippen LogP contribution in [0.25, 0.3) is 0 Å². The maximum atomic E-state index is 12.6. The van der Waals surface area contributed by atoms with E-state index in [9.17, 15) is 18.0 Å². The average Bonchev–Trinajstić information content (AvgIpc) is 3.13. The van der Waals surface area contributed by atoms with E-state index in [0.717, 1.165) is 12.1 Å². The molecule has 2 aromatic rings. The Labute approximate surface area is 163 Å². The van der Waals surface area contributed by atoms with Crippen LogP contribution in [-0.2, 0) is 32.0 Å². The molecular weight excluding hydrogens is 397 g/mol. The van der Waals surface area contributed by atoms with Crippen molar-refractivity contribution in [2.75, 3.05) is 14.2 Å². The van der Waals surface area contributed by atoms with Gasteiger partial charge in [0.15, 0.2) is 0 Å². The lowest BCUT2D eigenvalue weighted by atomic mass is 10.1. The first-order chi connectivity index (χ1) is 13.3. The van der Waals surface area contributed by atoms with Crippen molar-refractivity contribution in [2.45, 2.75) is 19.7 Å². The fraction of sp³-hybridized carbons (Fsp3) is 0.278. The van der Waals surface area contributed by atoms with E-state index in [2.05, 4.69) is 19.9 Å². The zero-order valence-electron chi connectivity index (χ0n) is 15.2. The maximum Gasteiger partial charge on any atom is 0.416 e. The number of hydrogen-bond acceptors (Lipinski definition) is 7. The number of rotatable bonds is 7. The number of oxime groups is 2. The lowest BCUT2D eigenvalue weighted by molar-refractivity contribution is -0.137. The largest absolute Gasteiger partial charge is 0.464 e. The van der Waals surface area contributed by atoms with Gasteiger partial charge in [-0.3, -0.25) is 0 Å². The second-order valence-electron chi connectivity index (χ2n) is 5.41. The van der Waals surface area contributed by atoms with E-state index in [-0.39, 0.29) is 12.3 Å². The number of benzene rings is 1. The summed E-state index contributed by atoms with van der Waals surface area (Å²) >= 11 is 1.25. The highest BCUT2D eigenvalue weighted by Crippen LogP contribution is 2.29. The molecule has 0 aliphatic carbocycles. The standard InChI is InChI=1S/C18H17F3N2O4S/c1-11(12-4-6-14(7-5-12)18(19,20)21)22-27-10-13-8-9-28-16(13)15(23-26-3)17(24)25-2/h4-9H,10H2,1-3H3/b22-11+,23-15-. The summed E-state index contributed by atoms with van der Waals surface area (Å²) < 4.78 is 42.5. The Morgan fingerprint density at radius 2 is 1.79 bits per heavy atom. The molecule has 28 heavy (non-hydrogen) atoms. The lowest BCUT2D eigenvalue weighted by Crippen LogP contribution is -2.17. The van der Waals surface area contributed by atoms with Gasteiger partial charge in [-0.2, -0.15) is 13.2 Å². The third-order valence-electron chi connectivity index (χ3n) is 3.57. The van der Waals surface area contributed by atoms with Gasteiger partial charge in [-0.15, -0.1) is 11.3 Å². The molecule has 6 nitrogen and oxygen atoms in total. The molecule has 0 atom stereocenters. The van der Waals surface area contributed by atoms with Crippen molar-refractivity contribution in [3.8, 4) is 0 Å². The van der Waals surface area contributed by atoms with Crippen LogP contribution in [0, 0.1) is 0 Å². The van der Waals surface area contributed by atoms with E-state index >= 15 is 0 Å². The Bertz CT molecular complexity index is 874. The SMILES string of the molecule is CO/N=C(\C(=O)OC)c1sccc1CO/N=C(\C)c1ccc(C(F)(F)F)cc1. The molecule has 1 heterocycles. The van der Waals surface area contributed by atoms with Crippen molar-refractivity contribution in [1.82, 2.24) is 0 Å². The summed E-state index contributed by atoms with van der Waals surface area (Å²) in [6, 6.07) is 6.34. The van der Waals surface area contributed by atoms with Crippen molar-refractivity contribution in [2.24, 2.45) is 10.3 Å². The summed E-state index contributed by atoms with van der Waals surface area (Å²) in [6.45, 7) is 1.64. The molecule has 0 saturated heterocycles. The van der Waals surface area contributed by atoms with E-state index in [0.29, 0.717) is 21.7 Å². The highest BCUT2D eigenvalue weighted by atomic mass is 32.1. The fourth-order valence-corrected chi connectivity index (χ4v) is 3.05. The minimum absolute atomic E-state index is 0.00189. The highest BCUT2D eigenvalue weighted by molar-refractivity contribution is 7.13. The molecule has 10 heteroatoms. The van der Waals surface area contributed by atoms with Gasteiger partial charge < -0.3 is 14.4 Å². The van der Waals surface area contributed by atoms with Crippen LogP contribution in [0.15, 0.2) is 46.0 Å². The number of carbonyl (C=O) groups is 1. The predicted molar refractivity (Wildman–Crippen MR) is 98.3 cm³/mol. The first kappa shape index (κ1) is 21.4. The number of methoxy groups -OCH3 is 1.